The van der Waals surface area contributed by atoms with E-state index in [1.54, 1.807) is 25.1 Å². The van der Waals surface area contributed by atoms with Gasteiger partial charge in [0, 0.05) is 13.1 Å². The van der Waals surface area contributed by atoms with E-state index in [4.69, 9.17) is 0 Å². The first kappa shape index (κ1) is 32.9. The molecule has 0 unspecified atom stereocenters. The van der Waals surface area contributed by atoms with E-state index < -0.39 is 42.1 Å². The summed E-state index contributed by atoms with van der Waals surface area (Å²) in [5.41, 5.74) is 1.06. The number of aliphatic hydroxyl groups excluding tert-OH is 2. The van der Waals surface area contributed by atoms with E-state index in [0.29, 0.717) is 12.3 Å². The van der Waals surface area contributed by atoms with E-state index in [2.05, 4.69) is 34.8 Å². The summed E-state index contributed by atoms with van der Waals surface area (Å²) in [5, 5.41) is 30.3. The molecule has 1 heterocycles. The quantitative estimate of drug-likeness (QED) is 0.203. The molecule has 0 aliphatic heterocycles. The number of nitrogens with one attached hydrogen (secondary N) is 3. The van der Waals surface area contributed by atoms with Gasteiger partial charge in [-0.1, -0.05) is 75.9 Å². The standard InChI is InChI=1S/C31H46N4O5/c1-5-12-23(13-6-2)17-18-26(34-30(39)25-16-10-11-19-32-25)31(40)35-27(20-24-14-8-7-9-15-24)29(38)28(37)21(3)33-22(4)36/h7-11,14-16,19,21,23,26-29,37-38H,5-6,12-13,17-18,20H2,1-4H3,(H,33,36)(H,34,39)(H,35,40)/t21-,26-,27+,28-,29-/m1/s1. The molecule has 5 atom stereocenters. The van der Waals surface area contributed by atoms with Crippen molar-refractivity contribution >= 4 is 17.7 Å². The summed E-state index contributed by atoms with van der Waals surface area (Å²) in [4.78, 5) is 42.3. The molecule has 1 aromatic heterocycles. The van der Waals surface area contributed by atoms with Crippen LogP contribution in [0.4, 0.5) is 0 Å². The number of nitrogens with zero attached hydrogens (tertiary/aromatic N) is 1. The molecule has 2 rings (SSSR count). The van der Waals surface area contributed by atoms with E-state index in [-0.39, 0.29) is 18.0 Å². The SMILES string of the molecule is CCCC(CCC)CC[C@@H](NC(=O)c1ccccn1)C(=O)N[C@@H](Cc1ccccc1)[C@@H](O)[C@H](O)[C@@H](C)NC(C)=O. The fourth-order valence-corrected chi connectivity index (χ4v) is 5.00. The van der Waals surface area contributed by atoms with Crippen molar-refractivity contribution in [1.29, 1.82) is 0 Å². The van der Waals surface area contributed by atoms with Crippen LogP contribution in [0.5, 0.6) is 0 Å². The maximum Gasteiger partial charge on any atom is 0.270 e. The molecule has 9 nitrogen and oxygen atoms in total. The number of carbonyl (C=O) groups is 3. The van der Waals surface area contributed by atoms with Gasteiger partial charge in [-0.3, -0.25) is 19.4 Å². The van der Waals surface area contributed by atoms with Crippen LogP contribution >= 0.6 is 0 Å². The minimum absolute atomic E-state index is 0.208. The Morgan fingerprint density at radius 3 is 2.05 bits per heavy atom. The molecule has 0 aliphatic carbocycles. The van der Waals surface area contributed by atoms with Crippen LogP contribution in [-0.4, -0.2) is 63.3 Å². The molecule has 0 bridgehead atoms. The number of benzene rings is 1. The van der Waals surface area contributed by atoms with Crippen molar-refractivity contribution in [2.75, 3.05) is 0 Å². The molecule has 0 fully saturated rings. The summed E-state index contributed by atoms with van der Waals surface area (Å²) in [5.74, 6) is -0.811. The maximum atomic E-state index is 13.7. The zero-order valence-corrected chi connectivity index (χ0v) is 24.2. The molecule has 0 aliphatic rings. The second kappa shape index (κ2) is 17.4. The molecule has 5 N–H and O–H groups in total. The Hall–Kier alpha value is -3.30. The van der Waals surface area contributed by atoms with Crippen LogP contribution < -0.4 is 16.0 Å². The lowest BCUT2D eigenvalue weighted by atomic mass is 9.90. The van der Waals surface area contributed by atoms with Crippen LogP contribution in [0.2, 0.25) is 0 Å². The van der Waals surface area contributed by atoms with Crippen LogP contribution in [0.25, 0.3) is 0 Å². The number of hydrogen-bond acceptors (Lipinski definition) is 6. The van der Waals surface area contributed by atoms with E-state index in [1.807, 2.05) is 30.3 Å². The lowest BCUT2D eigenvalue weighted by Crippen LogP contribution is -2.58. The van der Waals surface area contributed by atoms with Gasteiger partial charge in [0.1, 0.15) is 23.9 Å². The third-order valence-corrected chi connectivity index (χ3v) is 7.11. The minimum Gasteiger partial charge on any atom is -0.388 e. The van der Waals surface area contributed by atoms with Gasteiger partial charge in [-0.25, -0.2) is 0 Å². The highest BCUT2D eigenvalue weighted by Gasteiger charge is 2.34. The Morgan fingerprint density at radius 1 is 0.825 bits per heavy atom. The zero-order chi connectivity index (χ0) is 29.5. The summed E-state index contributed by atoms with van der Waals surface area (Å²) in [6.07, 6.45) is 4.39. The number of aromatic nitrogens is 1. The van der Waals surface area contributed by atoms with Crippen LogP contribution in [0.3, 0.4) is 0 Å². The van der Waals surface area contributed by atoms with Gasteiger partial charge in [-0.2, -0.15) is 0 Å². The van der Waals surface area contributed by atoms with Gasteiger partial charge in [-0.15, -0.1) is 0 Å². The van der Waals surface area contributed by atoms with E-state index in [0.717, 1.165) is 37.7 Å². The maximum absolute atomic E-state index is 13.7. The largest absolute Gasteiger partial charge is 0.388 e. The van der Waals surface area contributed by atoms with Crippen molar-refractivity contribution in [3.05, 3.63) is 66.0 Å². The first-order valence-corrected chi connectivity index (χ1v) is 14.4. The molecule has 1 aromatic carbocycles. The zero-order valence-electron chi connectivity index (χ0n) is 24.2. The van der Waals surface area contributed by atoms with Gasteiger partial charge in [0.15, 0.2) is 0 Å². The molecule has 0 radical (unpaired) electrons. The van der Waals surface area contributed by atoms with E-state index >= 15 is 0 Å². The van der Waals surface area contributed by atoms with Gasteiger partial charge < -0.3 is 26.2 Å². The average molecular weight is 555 g/mol. The highest BCUT2D eigenvalue weighted by atomic mass is 16.3. The molecule has 220 valence electrons. The van der Waals surface area contributed by atoms with E-state index in [9.17, 15) is 24.6 Å². The topological polar surface area (TPSA) is 141 Å². The highest BCUT2D eigenvalue weighted by molar-refractivity contribution is 5.96. The third kappa shape index (κ3) is 11.1. The van der Waals surface area contributed by atoms with Crippen molar-refractivity contribution in [3.63, 3.8) is 0 Å². The van der Waals surface area contributed by atoms with Gasteiger partial charge in [0.05, 0.1) is 12.1 Å². The molecule has 0 saturated heterocycles. The lowest BCUT2D eigenvalue weighted by Gasteiger charge is -2.32. The number of pyridine rings is 1. The smallest absolute Gasteiger partial charge is 0.270 e. The van der Waals surface area contributed by atoms with Gasteiger partial charge in [0.25, 0.3) is 5.91 Å². The molecule has 0 spiro atoms. The monoisotopic (exact) mass is 554 g/mol. The fourth-order valence-electron chi connectivity index (χ4n) is 5.00. The number of amides is 3. The lowest BCUT2D eigenvalue weighted by molar-refractivity contribution is -0.127. The van der Waals surface area contributed by atoms with Crippen LogP contribution in [0.1, 0.15) is 82.3 Å². The predicted octanol–water partition coefficient (Wildman–Crippen LogP) is 3.15. The number of aliphatic hydroxyl groups is 2. The minimum atomic E-state index is -1.38. The molecule has 3 amide bonds. The normalized spacial score (nSPS) is 15.0. The molecule has 2 aromatic rings. The first-order valence-electron chi connectivity index (χ1n) is 14.4. The number of hydrogen-bond donors (Lipinski definition) is 5. The summed E-state index contributed by atoms with van der Waals surface area (Å²) < 4.78 is 0. The van der Waals surface area contributed by atoms with Crippen molar-refractivity contribution in [3.8, 4) is 0 Å². The van der Waals surface area contributed by atoms with Gasteiger partial charge in [-0.05, 0) is 49.8 Å². The fraction of sp³-hybridized carbons (Fsp3) is 0.548. The van der Waals surface area contributed by atoms with Crippen molar-refractivity contribution < 1.29 is 24.6 Å². The van der Waals surface area contributed by atoms with E-state index in [1.165, 1.54) is 13.1 Å². The predicted molar refractivity (Wildman–Crippen MR) is 155 cm³/mol. The Kier molecular flexibility index (Phi) is 14.3. The Morgan fingerprint density at radius 2 is 1.48 bits per heavy atom. The highest BCUT2D eigenvalue weighted by Crippen LogP contribution is 2.21. The summed E-state index contributed by atoms with van der Waals surface area (Å²) in [6.45, 7) is 7.20. The second-order valence-corrected chi connectivity index (χ2v) is 10.5. The van der Waals surface area contributed by atoms with Crippen LogP contribution in [-0.2, 0) is 16.0 Å². The van der Waals surface area contributed by atoms with Crippen molar-refractivity contribution in [2.24, 2.45) is 5.92 Å². The van der Waals surface area contributed by atoms with Crippen molar-refractivity contribution in [2.45, 2.75) is 103 Å². The third-order valence-electron chi connectivity index (χ3n) is 7.11. The Bertz CT molecular complexity index is 1030. The van der Waals surface area contributed by atoms with Crippen LogP contribution in [0.15, 0.2) is 54.7 Å². The summed E-state index contributed by atoms with van der Waals surface area (Å²) in [6, 6.07) is 11.8. The summed E-state index contributed by atoms with van der Waals surface area (Å²) >= 11 is 0. The van der Waals surface area contributed by atoms with Crippen LogP contribution in [0, 0.1) is 5.92 Å². The molecule has 0 saturated carbocycles. The molecule has 9 heteroatoms. The Balaban J connectivity index is 2.28. The molecule has 40 heavy (non-hydrogen) atoms. The van der Waals surface area contributed by atoms with Crippen molar-refractivity contribution in [1.82, 2.24) is 20.9 Å². The average Bonchev–Trinajstić information content (AvgIpc) is 2.94. The number of rotatable bonds is 17. The number of carbonyl (C=O) groups excluding carboxylic acids is 3. The summed E-state index contributed by atoms with van der Waals surface area (Å²) in [7, 11) is 0. The molecular formula is C31H46N4O5. The second-order valence-electron chi connectivity index (χ2n) is 10.5. The van der Waals surface area contributed by atoms with Gasteiger partial charge >= 0.3 is 0 Å². The van der Waals surface area contributed by atoms with Gasteiger partial charge in [0.2, 0.25) is 11.8 Å². The first-order chi connectivity index (χ1) is 19.2. The molecular weight excluding hydrogens is 508 g/mol. The Labute approximate surface area is 238 Å².